The zero-order chi connectivity index (χ0) is 16.2. The number of hydrogen-bond donors (Lipinski definition) is 1. The van der Waals surface area contributed by atoms with E-state index in [0.717, 1.165) is 16.1 Å². The van der Waals surface area contributed by atoms with E-state index in [0.29, 0.717) is 28.4 Å². The highest BCUT2D eigenvalue weighted by atomic mass is 35.5. The molecular formula is C18H14ClNO2S. The third-order valence-corrected chi connectivity index (χ3v) is 4.76. The van der Waals surface area contributed by atoms with Gasteiger partial charge in [0.15, 0.2) is 0 Å². The van der Waals surface area contributed by atoms with Crippen LogP contribution in [0.15, 0.2) is 54.6 Å². The summed E-state index contributed by atoms with van der Waals surface area (Å²) in [5.41, 5.74) is 2.74. The minimum Gasteiger partial charge on any atom is -0.477 e. The van der Waals surface area contributed by atoms with Crippen LogP contribution in [0, 0.1) is 0 Å². The van der Waals surface area contributed by atoms with Gasteiger partial charge in [0.1, 0.15) is 4.88 Å². The Morgan fingerprint density at radius 2 is 1.65 bits per heavy atom. The lowest BCUT2D eigenvalue weighted by Crippen LogP contribution is -1.99. The number of aromatic nitrogens is 1. The molecule has 0 saturated carbocycles. The Morgan fingerprint density at radius 3 is 2.30 bits per heavy atom. The van der Waals surface area contributed by atoms with Crippen molar-refractivity contribution in [1.29, 1.82) is 0 Å². The van der Waals surface area contributed by atoms with Gasteiger partial charge in [0.2, 0.25) is 0 Å². The molecule has 0 aliphatic rings. The first-order valence-electron chi connectivity index (χ1n) is 7.12. The van der Waals surface area contributed by atoms with Crippen LogP contribution in [-0.2, 0) is 12.8 Å². The molecule has 2 aromatic carbocycles. The van der Waals surface area contributed by atoms with Crippen LogP contribution in [0.3, 0.4) is 0 Å². The zero-order valence-corrected chi connectivity index (χ0v) is 13.8. The summed E-state index contributed by atoms with van der Waals surface area (Å²) in [6.07, 6.45) is 1.14. The molecule has 0 bridgehead atoms. The van der Waals surface area contributed by atoms with Crippen molar-refractivity contribution in [3.05, 3.63) is 86.3 Å². The average Bonchev–Trinajstić information content (AvgIpc) is 2.93. The SMILES string of the molecule is O=C(O)c1sc(Cc2ccc(Cl)cc2)nc1Cc1ccccc1. The smallest absolute Gasteiger partial charge is 0.347 e. The van der Waals surface area contributed by atoms with E-state index in [4.69, 9.17) is 11.6 Å². The molecule has 3 aromatic rings. The van der Waals surface area contributed by atoms with E-state index < -0.39 is 5.97 Å². The Kier molecular flexibility index (Phi) is 4.74. The lowest BCUT2D eigenvalue weighted by Gasteiger charge is -1.99. The molecule has 0 radical (unpaired) electrons. The number of aromatic carboxylic acids is 1. The van der Waals surface area contributed by atoms with Gasteiger partial charge in [0.25, 0.3) is 0 Å². The van der Waals surface area contributed by atoms with E-state index in [1.165, 1.54) is 11.3 Å². The minimum atomic E-state index is -0.921. The van der Waals surface area contributed by atoms with Gasteiger partial charge in [0.05, 0.1) is 10.7 Å². The first-order chi connectivity index (χ1) is 11.1. The number of rotatable bonds is 5. The molecule has 0 unspecified atom stereocenters. The van der Waals surface area contributed by atoms with Crippen molar-refractivity contribution in [2.75, 3.05) is 0 Å². The van der Waals surface area contributed by atoms with Crippen LogP contribution in [-0.4, -0.2) is 16.1 Å². The summed E-state index contributed by atoms with van der Waals surface area (Å²) in [6, 6.07) is 17.3. The fourth-order valence-corrected chi connectivity index (χ4v) is 3.41. The zero-order valence-electron chi connectivity index (χ0n) is 12.2. The first kappa shape index (κ1) is 15.7. The van der Waals surface area contributed by atoms with Gasteiger partial charge in [-0.25, -0.2) is 9.78 Å². The van der Waals surface area contributed by atoms with Crippen molar-refractivity contribution in [1.82, 2.24) is 4.98 Å². The van der Waals surface area contributed by atoms with Crippen molar-refractivity contribution < 1.29 is 9.90 Å². The van der Waals surface area contributed by atoms with E-state index in [1.54, 1.807) is 0 Å². The molecule has 0 saturated heterocycles. The molecule has 0 spiro atoms. The number of halogens is 1. The first-order valence-corrected chi connectivity index (χ1v) is 8.31. The van der Waals surface area contributed by atoms with Gasteiger partial charge in [-0.2, -0.15) is 0 Å². The van der Waals surface area contributed by atoms with E-state index in [9.17, 15) is 9.90 Å². The van der Waals surface area contributed by atoms with Crippen molar-refractivity contribution in [3.63, 3.8) is 0 Å². The van der Waals surface area contributed by atoms with E-state index in [-0.39, 0.29) is 0 Å². The summed E-state index contributed by atoms with van der Waals surface area (Å²) in [5, 5.41) is 10.9. The Labute approximate surface area is 143 Å². The molecular weight excluding hydrogens is 330 g/mol. The minimum absolute atomic E-state index is 0.317. The average molecular weight is 344 g/mol. The third-order valence-electron chi connectivity index (χ3n) is 3.42. The van der Waals surface area contributed by atoms with Gasteiger partial charge in [0, 0.05) is 17.9 Å². The monoisotopic (exact) mass is 343 g/mol. The van der Waals surface area contributed by atoms with Crippen molar-refractivity contribution in [2.45, 2.75) is 12.8 Å². The van der Waals surface area contributed by atoms with Crippen molar-refractivity contribution in [2.24, 2.45) is 0 Å². The van der Waals surface area contributed by atoms with Gasteiger partial charge in [-0.05, 0) is 23.3 Å². The second-order valence-electron chi connectivity index (χ2n) is 5.15. The van der Waals surface area contributed by atoms with E-state index in [2.05, 4.69) is 4.98 Å². The molecule has 5 heteroatoms. The van der Waals surface area contributed by atoms with E-state index >= 15 is 0 Å². The largest absolute Gasteiger partial charge is 0.477 e. The fourth-order valence-electron chi connectivity index (χ4n) is 2.33. The van der Waals surface area contributed by atoms with E-state index in [1.807, 2.05) is 54.6 Å². The number of hydrogen-bond acceptors (Lipinski definition) is 3. The second kappa shape index (κ2) is 6.94. The molecule has 0 aliphatic heterocycles. The molecule has 23 heavy (non-hydrogen) atoms. The highest BCUT2D eigenvalue weighted by Crippen LogP contribution is 2.24. The van der Waals surface area contributed by atoms with Gasteiger partial charge in [-0.1, -0.05) is 54.1 Å². The van der Waals surface area contributed by atoms with Gasteiger partial charge < -0.3 is 5.11 Å². The molecule has 1 heterocycles. The number of carboxylic acid groups (broad SMARTS) is 1. The maximum atomic E-state index is 11.5. The van der Waals surface area contributed by atoms with Crippen LogP contribution in [0.4, 0.5) is 0 Å². The van der Waals surface area contributed by atoms with Crippen LogP contribution in [0.5, 0.6) is 0 Å². The topological polar surface area (TPSA) is 50.2 Å². The van der Waals surface area contributed by atoms with Crippen molar-refractivity contribution in [3.8, 4) is 0 Å². The summed E-state index contributed by atoms with van der Waals surface area (Å²) in [7, 11) is 0. The highest BCUT2D eigenvalue weighted by Gasteiger charge is 2.17. The standard InChI is InChI=1S/C18H14ClNO2S/c19-14-8-6-13(7-9-14)11-16-20-15(17(23-16)18(21)22)10-12-4-2-1-3-5-12/h1-9H,10-11H2,(H,21,22). The molecule has 0 amide bonds. The van der Waals surface area contributed by atoms with Crippen LogP contribution < -0.4 is 0 Å². The molecule has 1 N–H and O–H groups in total. The quantitative estimate of drug-likeness (QED) is 0.732. The maximum Gasteiger partial charge on any atom is 0.347 e. The summed E-state index contributed by atoms with van der Waals surface area (Å²) in [5.74, 6) is -0.921. The summed E-state index contributed by atoms with van der Waals surface area (Å²) >= 11 is 7.13. The van der Waals surface area contributed by atoms with Gasteiger partial charge in [-0.15, -0.1) is 11.3 Å². The van der Waals surface area contributed by atoms with Crippen LogP contribution in [0.1, 0.15) is 31.5 Å². The molecule has 116 valence electrons. The predicted molar refractivity (Wildman–Crippen MR) is 92.6 cm³/mol. The lowest BCUT2D eigenvalue weighted by atomic mass is 10.1. The number of thiazole rings is 1. The van der Waals surface area contributed by atoms with Crippen LogP contribution in [0.2, 0.25) is 5.02 Å². The Hall–Kier alpha value is -2.17. The fraction of sp³-hybridized carbons (Fsp3) is 0.111. The Morgan fingerprint density at radius 1 is 1.00 bits per heavy atom. The maximum absolute atomic E-state index is 11.5. The Bertz CT molecular complexity index is 813. The summed E-state index contributed by atoms with van der Waals surface area (Å²) in [4.78, 5) is 16.3. The normalized spacial score (nSPS) is 10.7. The second-order valence-corrected chi connectivity index (χ2v) is 6.67. The molecule has 0 fully saturated rings. The molecule has 3 rings (SSSR count). The number of benzene rings is 2. The molecule has 3 nitrogen and oxygen atoms in total. The summed E-state index contributed by atoms with van der Waals surface area (Å²) < 4.78 is 0. The highest BCUT2D eigenvalue weighted by molar-refractivity contribution is 7.13. The van der Waals surface area contributed by atoms with Gasteiger partial charge in [-0.3, -0.25) is 0 Å². The molecule has 0 atom stereocenters. The van der Waals surface area contributed by atoms with Crippen molar-refractivity contribution >= 4 is 28.9 Å². The lowest BCUT2D eigenvalue weighted by molar-refractivity contribution is 0.0701. The van der Waals surface area contributed by atoms with Crippen LogP contribution >= 0.6 is 22.9 Å². The Balaban J connectivity index is 1.86. The number of carboxylic acids is 1. The van der Waals surface area contributed by atoms with Crippen LogP contribution in [0.25, 0.3) is 0 Å². The summed E-state index contributed by atoms with van der Waals surface area (Å²) in [6.45, 7) is 0. The molecule has 1 aromatic heterocycles. The predicted octanol–water partition coefficient (Wildman–Crippen LogP) is 4.68. The molecule has 0 aliphatic carbocycles. The number of carbonyl (C=O) groups is 1. The third kappa shape index (κ3) is 3.97. The van der Waals surface area contributed by atoms with Gasteiger partial charge >= 0.3 is 5.97 Å². The number of nitrogens with zero attached hydrogens (tertiary/aromatic N) is 1.